The molecule has 0 amide bonds. The van der Waals surface area contributed by atoms with Crippen molar-refractivity contribution in [1.29, 1.82) is 0 Å². The lowest BCUT2D eigenvalue weighted by atomic mass is 9.99. The van der Waals surface area contributed by atoms with Gasteiger partial charge in [0.15, 0.2) is 0 Å². The fourth-order valence-electron chi connectivity index (χ4n) is 1.92. The van der Waals surface area contributed by atoms with Crippen LogP contribution in [-0.4, -0.2) is 7.05 Å². The third-order valence-electron chi connectivity index (χ3n) is 2.78. The Morgan fingerprint density at radius 1 is 1.06 bits per heavy atom. The van der Waals surface area contributed by atoms with Crippen LogP contribution in [0.2, 0.25) is 5.02 Å². The van der Waals surface area contributed by atoms with E-state index in [1.165, 1.54) is 0 Å². The van der Waals surface area contributed by atoms with Crippen molar-refractivity contribution in [2.24, 2.45) is 0 Å². The Kier molecular flexibility index (Phi) is 4.84. The van der Waals surface area contributed by atoms with Crippen molar-refractivity contribution in [1.82, 2.24) is 5.32 Å². The van der Waals surface area contributed by atoms with E-state index in [2.05, 4.69) is 43.2 Å². The molecule has 1 unspecified atom stereocenters. The fraction of sp³-hybridized carbons (Fsp3) is 0.143. The van der Waals surface area contributed by atoms with Crippen LogP contribution < -0.4 is 5.32 Å². The average Bonchev–Trinajstić information content (AvgIpc) is 2.34. The van der Waals surface area contributed by atoms with Gasteiger partial charge in [0.2, 0.25) is 0 Å². The SMILES string of the molecule is CNC(c1ccccc1Cl)c1ccc(Br)cc1Br. The van der Waals surface area contributed by atoms with Crippen LogP contribution in [0.1, 0.15) is 17.2 Å². The normalized spacial score (nSPS) is 12.4. The van der Waals surface area contributed by atoms with Crippen LogP contribution in [-0.2, 0) is 0 Å². The van der Waals surface area contributed by atoms with Gasteiger partial charge in [-0.3, -0.25) is 0 Å². The van der Waals surface area contributed by atoms with E-state index in [1.807, 2.05) is 43.4 Å². The molecular formula is C14H12Br2ClN. The minimum absolute atomic E-state index is 0.0705. The molecule has 2 aromatic carbocycles. The summed E-state index contributed by atoms with van der Waals surface area (Å²) in [6, 6.07) is 14.1. The van der Waals surface area contributed by atoms with Gasteiger partial charge in [-0.2, -0.15) is 0 Å². The molecule has 2 rings (SSSR count). The van der Waals surface area contributed by atoms with E-state index in [0.717, 1.165) is 25.1 Å². The molecule has 1 N–H and O–H groups in total. The maximum Gasteiger partial charge on any atom is 0.0600 e. The summed E-state index contributed by atoms with van der Waals surface area (Å²) >= 11 is 13.3. The maximum absolute atomic E-state index is 6.27. The molecule has 0 fully saturated rings. The molecule has 0 aliphatic rings. The van der Waals surface area contributed by atoms with Gasteiger partial charge in [0.1, 0.15) is 0 Å². The number of hydrogen-bond donors (Lipinski definition) is 1. The standard InChI is InChI=1S/C14H12Br2ClN/c1-18-14(11-4-2-3-5-13(11)17)10-7-6-9(15)8-12(10)16/h2-8,14,18H,1H3. The summed E-state index contributed by atoms with van der Waals surface area (Å²) in [7, 11) is 1.93. The van der Waals surface area contributed by atoms with Crippen molar-refractivity contribution in [3.63, 3.8) is 0 Å². The summed E-state index contributed by atoms with van der Waals surface area (Å²) in [5.74, 6) is 0. The highest BCUT2D eigenvalue weighted by Crippen LogP contribution is 2.33. The third-order valence-corrected chi connectivity index (χ3v) is 4.30. The van der Waals surface area contributed by atoms with E-state index in [9.17, 15) is 0 Å². The Labute approximate surface area is 129 Å². The molecule has 0 saturated heterocycles. The average molecular weight is 390 g/mol. The first-order chi connectivity index (χ1) is 8.63. The summed E-state index contributed by atoms with van der Waals surface area (Å²) in [6.45, 7) is 0. The van der Waals surface area contributed by atoms with Gasteiger partial charge >= 0.3 is 0 Å². The van der Waals surface area contributed by atoms with Crippen LogP contribution in [0.3, 0.4) is 0 Å². The van der Waals surface area contributed by atoms with E-state index >= 15 is 0 Å². The molecule has 0 saturated carbocycles. The molecule has 0 aromatic heterocycles. The second-order valence-corrected chi connectivity index (χ2v) is 6.09. The first-order valence-corrected chi connectivity index (χ1v) is 7.46. The molecule has 0 aliphatic carbocycles. The van der Waals surface area contributed by atoms with Crippen molar-refractivity contribution in [3.8, 4) is 0 Å². The van der Waals surface area contributed by atoms with Gasteiger partial charge in [0.25, 0.3) is 0 Å². The van der Waals surface area contributed by atoms with Crippen LogP contribution in [0.25, 0.3) is 0 Å². The van der Waals surface area contributed by atoms with E-state index < -0.39 is 0 Å². The zero-order valence-electron chi connectivity index (χ0n) is 9.75. The molecule has 0 aliphatic heterocycles. The smallest absolute Gasteiger partial charge is 0.0600 e. The Morgan fingerprint density at radius 2 is 1.78 bits per heavy atom. The quantitative estimate of drug-likeness (QED) is 0.763. The van der Waals surface area contributed by atoms with Crippen LogP contribution in [0.4, 0.5) is 0 Å². The van der Waals surface area contributed by atoms with Crippen molar-refractivity contribution in [2.75, 3.05) is 7.05 Å². The lowest BCUT2D eigenvalue weighted by molar-refractivity contribution is 0.689. The van der Waals surface area contributed by atoms with Crippen LogP contribution in [0, 0.1) is 0 Å². The van der Waals surface area contributed by atoms with Gasteiger partial charge < -0.3 is 5.32 Å². The van der Waals surface area contributed by atoms with Gasteiger partial charge in [-0.25, -0.2) is 0 Å². The highest BCUT2D eigenvalue weighted by Gasteiger charge is 2.17. The molecule has 0 spiro atoms. The summed E-state index contributed by atoms with van der Waals surface area (Å²) < 4.78 is 2.10. The molecule has 4 heteroatoms. The number of nitrogens with one attached hydrogen (secondary N) is 1. The summed E-state index contributed by atoms with van der Waals surface area (Å²) in [5.41, 5.74) is 2.23. The van der Waals surface area contributed by atoms with Gasteiger partial charge in [0.05, 0.1) is 6.04 Å². The molecular weight excluding hydrogens is 377 g/mol. The zero-order valence-corrected chi connectivity index (χ0v) is 13.7. The predicted octanol–water partition coefficient (Wildman–Crippen LogP) is 5.17. The van der Waals surface area contributed by atoms with E-state index in [0.29, 0.717) is 0 Å². The molecule has 1 atom stereocenters. The summed E-state index contributed by atoms with van der Waals surface area (Å²) in [4.78, 5) is 0. The van der Waals surface area contributed by atoms with Gasteiger partial charge in [-0.05, 0) is 36.4 Å². The summed E-state index contributed by atoms with van der Waals surface area (Å²) in [5, 5.41) is 4.08. The molecule has 0 bridgehead atoms. The van der Waals surface area contributed by atoms with Crippen LogP contribution in [0.5, 0.6) is 0 Å². The van der Waals surface area contributed by atoms with Crippen molar-refractivity contribution >= 4 is 43.5 Å². The van der Waals surface area contributed by atoms with Gasteiger partial charge in [0, 0.05) is 14.0 Å². The summed E-state index contributed by atoms with van der Waals surface area (Å²) in [6.07, 6.45) is 0. The number of hydrogen-bond acceptors (Lipinski definition) is 1. The lowest BCUT2D eigenvalue weighted by Gasteiger charge is -2.20. The third kappa shape index (κ3) is 2.97. The topological polar surface area (TPSA) is 12.0 Å². The van der Waals surface area contributed by atoms with E-state index in [-0.39, 0.29) is 6.04 Å². The fourth-order valence-corrected chi connectivity index (χ4v) is 3.44. The van der Waals surface area contributed by atoms with Gasteiger partial charge in [-0.15, -0.1) is 0 Å². The van der Waals surface area contributed by atoms with Crippen molar-refractivity contribution in [2.45, 2.75) is 6.04 Å². The second kappa shape index (κ2) is 6.20. The molecule has 0 heterocycles. The Bertz CT molecular complexity index is 557. The number of benzene rings is 2. The lowest BCUT2D eigenvalue weighted by Crippen LogP contribution is -2.18. The highest BCUT2D eigenvalue weighted by atomic mass is 79.9. The first-order valence-electron chi connectivity index (χ1n) is 5.50. The van der Waals surface area contributed by atoms with Crippen molar-refractivity contribution in [3.05, 3.63) is 67.6 Å². The Hall–Kier alpha value is -0.350. The minimum Gasteiger partial charge on any atom is -0.309 e. The molecule has 94 valence electrons. The zero-order chi connectivity index (χ0) is 13.1. The Morgan fingerprint density at radius 3 is 2.39 bits per heavy atom. The highest BCUT2D eigenvalue weighted by molar-refractivity contribution is 9.11. The van der Waals surface area contributed by atoms with E-state index in [4.69, 9.17) is 11.6 Å². The van der Waals surface area contributed by atoms with Crippen LogP contribution in [0.15, 0.2) is 51.4 Å². The van der Waals surface area contributed by atoms with Crippen LogP contribution >= 0.6 is 43.5 Å². The minimum atomic E-state index is 0.0705. The molecule has 0 radical (unpaired) electrons. The monoisotopic (exact) mass is 387 g/mol. The maximum atomic E-state index is 6.27. The second-order valence-electron chi connectivity index (χ2n) is 3.91. The predicted molar refractivity (Wildman–Crippen MR) is 84.2 cm³/mol. The first kappa shape index (κ1) is 14.1. The number of halogens is 3. The largest absolute Gasteiger partial charge is 0.309 e. The van der Waals surface area contributed by atoms with E-state index in [1.54, 1.807) is 0 Å². The molecule has 18 heavy (non-hydrogen) atoms. The van der Waals surface area contributed by atoms with Crippen molar-refractivity contribution < 1.29 is 0 Å². The Balaban J connectivity index is 2.49. The molecule has 2 aromatic rings. The number of rotatable bonds is 3. The molecule has 1 nitrogen and oxygen atoms in total. The van der Waals surface area contributed by atoms with Gasteiger partial charge in [-0.1, -0.05) is 67.7 Å².